The number of aryl methyl sites for hydroxylation is 2. The molecule has 122 valence electrons. The van der Waals surface area contributed by atoms with E-state index in [9.17, 15) is 9.59 Å². The molecular formula is C17H16N4O2S. The van der Waals surface area contributed by atoms with Crippen molar-refractivity contribution in [1.82, 2.24) is 20.2 Å². The smallest absolute Gasteiger partial charge is 0.269 e. The molecule has 0 bridgehead atoms. The molecule has 0 radical (unpaired) electrons. The van der Waals surface area contributed by atoms with Crippen LogP contribution in [0.2, 0.25) is 0 Å². The third-order valence-electron chi connectivity index (χ3n) is 4.16. The molecule has 2 N–H and O–H groups in total. The fourth-order valence-electron chi connectivity index (χ4n) is 2.98. The van der Waals surface area contributed by atoms with Crippen molar-refractivity contribution in [1.29, 1.82) is 0 Å². The van der Waals surface area contributed by atoms with E-state index >= 15 is 0 Å². The van der Waals surface area contributed by atoms with E-state index in [2.05, 4.69) is 15.8 Å². The van der Waals surface area contributed by atoms with Gasteiger partial charge in [-0.2, -0.15) is 0 Å². The second-order valence-electron chi connectivity index (χ2n) is 5.84. The molecule has 0 unspecified atom stereocenters. The average Bonchev–Trinajstić information content (AvgIpc) is 3.27. The first-order valence-corrected chi connectivity index (χ1v) is 8.69. The lowest BCUT2D eigenvalue weighted by Gasteiger charge is -2.08. The fourth-order valence-corrected chi connectivity index (χ4v) is 3.70. The van der Waals surface area contributed by atoms with E-state index in [1.54, 1.807) is 6.07 Å². The number of thiazole rings is 1. The van der Waals surface area contributed by atoms with E-state index in [0.717, 1.165) is 24.2 Å². The Morgan fingerprint density at radius 2 is 2.08 bits per heavy atom. The van der Waals surface area contributed by atoms with Crippen LogP contribution in [0.5, 0.6) is 0 Å². The normalized spacial score (nSPS) is 13.0. The number of rotatable bonds is 3. The van der Waals surface area contributed by atoms with Crippen LogP contribution < -0.4 is 10.9 Å². The Morgan fingerprint density at radius 3 is 2.96 bits per heavy atom. The summed E-state index contributed by atoms with van der Waals surface area (Å²) < 4.78 is 1.87. The molecule has 0 spiro atoms. The molecule has 1 aliphatic rings. The van der Waals surface area contributed by atoms with Gasteiger partial charge in [-0.3, -0.25) is 24.8 Å². The first-order chi connectivity index (χ1) is 11.7. The van der Waals surface area contributed by atoms with Gasteiger partial charge in [0, 0.05) is 23.3 Å². The lowest BCUT2D eigenvalue weighted by atomic mass is 10.1. The van der Waals surface area contributed by atoms with Gasteiger partial charge in [0.05, 0.1) is 12.1 Å². The largest absolute Gasteiger partial charge is 0.297 e. The quantitative estimate of drug-likeness (QED) is 0.715. The van der Waals surface area contributed by atoms with Gasteiger partial charge in [0.2, 0.25) is 5.91 Å². The highest BCUT2D eigenvalue weighted by atomic mass is 32.1. The molecule has 0 aliphatic heterocycles. The zero-order chi connectivity index (χ0) is 16.5. The molecule has 0 atom stereocenters. The minimum absolute atomic E-state index is 0.124. The summed E-state index contributed by atoms with van der Waals surface area (Å²) in [6.07, 6.45) is 7.06. The van der Waals surface area contributed by atoms with Gasteiger partial charge >= 0.3 is 0 Å². The van der Waals surface area contributed by atoms with Crippen molar-refractivity contribution in [2.24, 2.45) is 0 Å². The van der Waals surface area contributed by atoms with Gasteiger partial charge in [0.15, 0.2) is 4.96 Å². The van der Waals surface area contributed by atoms with Gasteiger partial charge in [0.25, 0.3) is 5.91 Å². The fraction of sp³-hybridized carbons (Fsp3) is 0.235. The predicted molar refractivity (Wildman–Crippen MR) is 90.8 cm³/mol. The van der Waals surface area contributed by atoms with Crippen LogP contribution in [-0.4, -0.2) is 21.2 Å². The highest BCUT2D eigenvalue weighted by molar-refractivity contribution is 7.15. The van der Waals surface area contributed by atoms with Crippen LogP contribution in [-0.2, 0) is 24.1 Å². The summed E-state index contributed by atoms with van der Waals surface area (Å²) in [6.45, 7) is 0. The Hall–Kier alpha value is -2.67. The summed E-state index contributed by atoms with van der Waals surface area (Å²) in [5, 5.41) is 1.93. The molecule has 4 rings (SSSR count). The Bertz CT molecular complexity index is 899. The van der Waals surface area contributed by atoms with Gasteiger partial charge in [-0.25, -0.2) is 4.98 Å². The van der Waals surface area contributed by atoms with E-state index in [0.29, 0.717) is 11.3 Å². The number of benzene rings is 1. The van der Waals surface area contributed by atoms with Crippen molar-refractivity contribution in [2.75, 3.05) is 0 Å². The minimum atomic E-state index is -0.302. The van der Waals surface area contributed by atoms with Crippen LogP contribution in [0.4, 0.5) is 0 Å². The van der Waals surface area contributed by atoms with Crippen molar-refractivity contribution in [2.45, 2.75) is 25.7 Å². The molecule has 3 aromatic rings. The summed E-state index contributed by atoms with van der Waals surface area (Å²) in [4.78, 5) is 29.3. The lowest BCUT2D eigenvalue weighted by molar-refractivity contribution is -0.121. The molecule has 0 saturated heterocycles. The Balaban J connectivity index is 1.34. The predicted octanol–water partition coefficient (Wildman–Crippen LogP) is 1.89. The van der Waals surface area contributed by atoms with Gasteiger partial charge in [-0.1, -0.05) is 6.07 Å². The number of nitrogens with one attached hydrogen (secondary N) is 2. The number of hydrazine groups is 1. The number of carbonyl (C=O) groups is 2. The second-order valence-corrected chi connectivity index (χ2v) is 6.71. The van der Waals surface area contributed by atoms with Gasteiger partial charge in [-0.05, 0) is 42.5 Å². The molecule has 1 aromatic carbocycles. The maximum absolute atomic E-state index is 12.2. The summed E-state index contributed by atoms with van der Waals surface area (Å²) in [5.41, 5.74) is 8.70. The SMILES string of the molecule is O=C(Cc1cn2ccsc2n1)NNC(=O)c1ccc2c(c1)CCC2. The Kier molecular flexibility index (Phi) is 3.78. The molecule has 2 aromatic heterocycles. The first kappa shape index (κ1) is 14.9. The van der Waals surface area contributed by atoms with E-state index in [-0.39, 0.29) is 18.2 Å². The number of aromatic nitrogens is 2. The molecule has 1 aliphatic carbocycles. The van der Waals surface area contributed by atoms with Crippen LogP contribution in [0.1, 0.15) is 33.6 Å². The molecular weight excluding hydrogens is 324 g/mol. The lowest BCUT2D eigenvalue weighted by Crippen LogP contribution is -2.42. The van der Waals surface area contributed by atoms with Crippen LogP contribution >= 0.6 is 11.3 Å². The van der Waals surface area contributed by atoms with Gasteiger partial charge in [-0.15, -0.1) is 11.3 Å². The zero-order valence-corrected chi connectivity index (χ0v) is 13.7. The first-order valence-electron chi connectivity index (χ1n) is 7.81. The van der Waals surface area contributed by atoms with Crippen molar-refractivity contribution < 1.29 is 9.59 Å². The number of amides is 2. The van der Waals surface area contributed by atoms with E-state index in [4.69, 9.17) is 0 Å². The Morgan fingerprint density at radius 1 is 1.21 bits per heavy atom. The summed E-state index contributed by atoms with van der Waals surface area (Å²) >= 11 is 1.51. The highest BCUT2D eigenvalue weighted by Gasteiger charge is 2.15. The highest BCUT2D eigenvalue weighted by Crippen LogP contribution is 2.22. The summed E-state index contributed by atoms with van der Waals surface area (Å²) in [7, 11) is 0. The molecule has 2 heterocycles. The molecule has 0 fully saturated rings. The minimum Gasteiger partial charge on any atom is -0.297 e. The number of hydrogen-bond acceptors (Lipinski definition) is 4. The van der Waals surface area contributed by atoms with Crippen molar-refractivity contribution in [3.05, 3.63) is 58.4 Å². The zero-order valence-electron chi connectivity index (χ0n) is 12.9. The van der Waals surface area contributed by atoms with Crippen LogP contribution in [0.25, 0.3) is 4.96 Å². The van der Waals surface area contributed by atoms with Crippen molar-refractivity contribution in [3.63, 3.8) is 0 Å². The van der Waals surface area contributed by atoms with Crippen LogP contribution in [0.3, 0.4) is 0 Å². The number of nitrogens with zero attached hydrogens (tertiary/aromatic N) is 2. The number of fused-ring (bicyclic) bond motifs is 2. The molecule has 2 amide bonds. The molecule has 24 heavy (non-hydrogen) atoms. The molecule has 7 heteroatoms. The Labute approximate surface area is 142 Å². The number of hydrogen-bond donors (Lipinski definition) is 2. The van der Waals surface area contributed by atoms with Crippen LogP contribution in [0.15, 0.2) is 36.0 Å². The van der Waals surface area contributed by atoms with Gasteiger partial charge < -0.3 is 0 Å². The third-order valence-corrected chi connectivity index (χ3v) is 4.93. The third kappa shape index (κ3) is 2.90. The molecule has 0 saturated carbocycles. The monoisotopic (exact) mass is 340 g/mol. The van der Waals surface area contributed by atoms with Crippen molar-refractivity contribution >= 4 is 28.1 Å². The maximum Gasteiger partial charge on any atom is 0.269 e. The standard InChI is InChI=1S/C17H16N4O2S/c22-15(9-14-10-21-6-7-24-17(21)18-14)19-20-16(23)13-5-4-11-2-1-3-12(11)8-13/h4-8,10H,1-3,9H2,(H,19,22)(H,20,23). The second kappa shape index (κ2) is 6.09. The number of imidazole rings is 1. The summed E-state index contributed by atoms with van der Waals surface area (Å²) in [5.74, 6) is -0.598. The number of carbonyl (C=O) groups excluding carboxylic acids is 2. The van der Waals surface area contributed by atoms with Crippen LogP contribution in [0, 0.1) is 0 Å². The topological polar surface area (TPSA) is 75.5 Å². The molecule has 6 nitrogen and oxygen atoms in total. The van der Waals surface area contributed by atoms with Crippen molar-refractivity contribution in [3.8, 4) is 0 Å². The van der Waals surface area contributed by atoms with E-state index in [1.165, 1.54) is 22.5 Å². The van der Waals surface area contributed by atoms with E-state index < -0.39 is 0 Å². The maximum atomic E-state index is 12.2. The average molecular weight is 340 g/mol. The van der Waals surface area contributed by atoms with Gasteiger partial charge in [0.1, 0.15) is 0 Å². The summed E-state index contributed by atoms with van der Waals surface area (Å²) in [6, 6.07) is 5.71. The van der Waals surface area contributed by atoms with E-state index in [1.807, 2.05) is 34.3 Å².